The molecule has 0 saturated carbocycles. The van der Waals surface area contributed by atoms with Crippen LogP contribution < -0.4 is 0 Å². The first-order valence-electron chi connectivity index (χ1n) is 6.67. The van der Waals surface area contributed by atoms with Crippen LogP contribution >= 0.6 is 0 Å². The lowest BCUT2D eigenvalue weighted by molar-refractivity contribution is -0.241. The summed E-state index contributed by atoms with van der Waals surface area (Å²) < 4.78 is 34.7. The maximum atomic E-state index is 5.97. The normalized spacial score (nSPS) is 46.9. The van der Waals surface area contributed by atoms with Gasteiger partial charge in [0.25, 0.3) is 0 Å². The highest BCUT2D eigenvalue weighted by atomic mass is 16.9. The minimum atomic E-state index is -0.669. The third kappa shape index (κ3) is 2.41. The van der Waals surface area contributed by atoms with E-state index in [0.717, 1.165) is 0 Å². The van der Waals surface area contributed by atoms with Gasteiger partial charge in [0.2, 0.25) is 0 Å². The first-order valence-corrected chi connectivity index (χ1v) is 6.67. The molecule has 3 aliphatic rings. The molecule has 3 aliphatic heterocycles. The molecule has 0 bridgehead atoms. The summed E-state index contributed by atoms with van der Waals surface area (Å²) in [4.78, 5) is 0. The highest BCUT2D eigenvalue weighted by molar-refractivity contribution is 4.99. The van der Waals surface area contributed by atoms with E-state index in [-0.39, 0.29) is 24.4 Å². The molecule has 3 heterocycles. The van der Waals surface area contributed by atoms with Gasteiger partial charge in [-0.15, -0.1) is 0 Å². The van der Waals surface area contributed by atoms with Crippen LogP contribution in [0.15, 0.2) is 0 Å². The van der Waals surface area contributed by atoms with Gasteiger partial charge in [0.05, 0.1) is 6.61 Å². The molecule has 0 unspecified atom stereocenters. The SMILES string of the molecule is COC[C@H]1O[C@H]2OC(C)(C)O[C@@H]2[C@@H]2OC(C)(C)O[C@H]21. The van der Waals surface area contributed by atoms with E-state index in [1.807, 2.05) is 27.7 Å². The number of rotatable bonds is 2. The van der Waals surface area contributed by atoms with E-state index in [9.17, 15) is 0 Å². The standard InChI is InChI=1S/C13H22O6/c1-12(2)16-8-7(6-14-5)15-11-10(9(8)17-12)18-13(3,4)19-11/h7-11H,6H2,1-5H3/t7-,8+,9-,10-,11+/m1/s1. The van der Waals surface area contributed by atoms with Crippen molar-refractivity contribution >= 4 is 0 Å². The molecule has 5 atom stereocenters. The van der Waals surface area contributed by atoms with Crippen LogP contribution in [0.4, 0.5) is 0 Å². The first kappa shape index (κ1) is 13.7. The Bertz CT molecular complexity index is 355. The van der Waals surface area contributed by atoms with E-state index in [2.05, 4.69) is 0 Å². The lowest BCUT2D eigenvalue weighted by Crippen LogP contribution is -2.56. The van der Waals surface area contributed by atoms with Crippen molar-refractivity contribution in [3.63, 3.8) is 0 Å². The topological polar surface area (TPSA) is 55.4 Å². The second-order valence-corrected chi connectivity index (χ2v) is 6.16. The molecule has 6 heteroatoms. The Morgan fingerprint density at radius 3 is 2.11 bits per heavy atom. The van der Waals surface area contributed by atoms with Crippen molar-refractivity contribution in [3.05, 3.63) is 0 Å². The van der Waals surface area contributed by atoms with Gasteiger partial charge in [0.1, 0.15) is 24.4 Å². The zero-order chi connectivity index (χ0) is 13.8. The van der Waals surface area contributed by atoms with Crippen molar-refractivity contribution in [1.29, 1.82) is 0 Å². The molecule has 3 saturated heterocycles. The van der Waals surface area contributed by atoms with Crippen LogP contribution in [0, 0.1) is 0 Å². The zero-order valence-electron chi connectivity index (χ0n) is 12.0. The van der Waals surface area contributed by atoms with E-state index in [4.69, 9.17) is 28.4 Å². The summed E-state index contributed by atoms with van der Waals surface area (Å²) in [6, 6.07) is 0. The fraction of sp³-hybridized carbons (Fsp3) is 1.00. The van der Waals surface area contributed by atoms with Crippen molar-refractivity contribution in [2.45, 2.75) is 70.0 Å². The highest BCUT2D eigenvalue weighted by Crippen LogP contribution is 2.43. The number of hydrogen-bond donors (Lipinski definition) is 0. The fourth-order valence-electron chi connectivity index (χ4n) is 2.99. The van der Waals surface area contributed by atoms with Crippen molar-refractivity contribution in [1.82, 2.24) is 0 Å². The van der Waals surface area contributed by atoms with Crippen molar-refractivity contribution < 1.29 is 28.4 Å². The van der Waals surface area contributed by atoms with Crippen LogP contribution in [-0.2, 0) is 28.4 Å². The van der Waals surface area contributed by atoms with Crippen LogP contribution in [0.3, 0.4) is 0 Å². The Morgan fingerprint density at radius 1 is 0.842 bits per heavy atom. The first-order chi connectivity index (χ1) is 8.81. The lowest BCUT2D eigenvalue weighted by atomic mass is 9.99. The van der Waals surface area contributed by atoms with Gasteiger partial charge >= 0.3 is 0 Å². The summed E-state index contributed by atoms with van der Waals surface area (Å²) in [6.45, 7) is 7.97. The molecule has 19 heavy (non-hydrogen) atoms. The van der Waals surface area contributed by atoms with Gasteiger partial charge in [-0.1, -0.05) is 0 Å². The molecule has 3 fully saturated rings. The Morgan fingerprint density at radius 2 is 1.42 bits per heavy atom. The third-order valence-corrected chi connectivity index (χ3v) is 3.58. The second-order valence-electron chi connectivity index (χ2n) is 6.16. The van der Waals surface area contributed by atoms with E-state index < -0.39 is 17.9 Å². The molecule has 0 aromatic rings. The van der Waals surface area contributed by atoms with E-state index in [1.165, 1.54) is 0 Å². The minimum Gasteiger partial charge on any atom is -0.382 e. The molecular weight excluding hydrogens is 252 g/mol. The number of methoxy groups -OCH3 is 1. The maximum Gasteiger partial charge on any atom is 0.190 e. The van der Waals surface area contributed by atoms with Gasteiger partial charge in [-0.3, -0.25) is 0 Å². The number of hydrogen-bond acceptors (Lipinski definition) is 6. The van der Waals surface area contributed by atoms with Crippen molar-refractivity contribution in [2.24, 2.45) is 0 Å². The summed E-state index contributed by atoms with van der Waals surface area (Å²) in [5, 5.41) is 0. The summed E-state index contributed by atoms with van der Waals surface area (Å²) in [7, 11) is 1.64. The van der Waals surface area contributed by atoms with Crippen LogP contribution in [-0.4, -0.2) is 56.0 Å². The molecular formula is C13H22O6. The molecule has 110 valence electrons. The molecule has 0 spiro atoms. The van der Waals surface area contributed by atoms with Gasteiger partial charge in [0.15, 0.2) is 17.9 Å². The molecule has 0 radical (unpaired) electrons. The van der Waals surface area contributed by atoms with Crippen LogP contribution in [0.1, 0.15) is 27.7 Å². The largest absolute Gasteiger partial charge is 0.382 e. The zero-order valence-corrected chi connectivity index (χ0v) is 12.0. The van der Waals surface area contributed by atoms with E-state index in [1.54, 1.807) is 7.11 Å². The molecule has 6 nitrogen and oxygen atoms in total. The molecule has 0 amide bonds. The summed E-state index contributed by atoms with van der Waals surface area (Å²) >= 11 is 0. The maximum absolute atomic E-state index is 5.97. The van der Waals surface area contributed by atoms with Gasteiger partial charge in [-0.2, -0.15) is 0 Å². The van der Waals surface area contributed by atoms with Crippen LogP contribution in [0.2, 0.25) is 0 Å². The minimum absolute atomic E-state index is 0.198. The van der Waals surface area contributed by atoms with Crippen molar-refractivity contribution in [2.75, 3.05) is 13.7 Å². The van der Waals surface area contributed by atoms with Crippen LogP contribution in [0.25, 0.3) is 0 Å². The van der Waals surface area contributed by atoms with E-state index in [0.29, 0.717) is 6.61 Å². The average molecular weight is 274 g/mol. The third-order valence-electron chi connectivity index (χ3n) is 3.58. The predicted molar refractivity (Wildman–Crippen MR) is 64.4 cm³/mol. The number of fused-ring (bicyclic) bond motifs is 3. The van der Waals surface area contributed by atoms with Gasteiger partial charge in [0, 0.05) is 7.11 Å². The predicted octanol–water partition coefficient (Wildman–Crippen LogP) is 1.03. The van der Waals surface area contributed by atoms with Gasteiger partial charge in [-0.05, 0) is 27.7 Å². The molecule has 3 rings (SSSR count). The fourth-order valence-corrected chi connectivity index (χ4v) is 2.99. The smallest absolute Gasteiger partial charge is 0.190 e. The molecule has 0 aromatic carbocycles. The monoisotopic (exact) mass is 274 g/mol. The van der Waals surface area contributed by atoms with Gasteiger partial charge in [-0.25, -0.2) is 0 Å². The Kier molecular flexibility index (Phi) is 3.16. The lowest BCUT2D eigenvalue weighted by Gasteiger charge is -2.36. The van der Waals surface area contributed by atoms with Crippen molar-refractivity contribution in [3.8, 4) is 0 Å². The Hall–Kier alpha value is -0.240. The molecule has 0 aliphatic carbocycles. The summed E-state index contributed by atoms with van der Waals surface area (Å²) in [5.74, 6) is -1.31. The highest BCUT2D eigenvalue weighted by Gasteiger charge is 2.60. The molecule has 0 aromatic heterocycles. The van der Waals surface area contributed by atoms with E-state index >= 15 is 0 Å². The second kappa shape index (κ2) is 4.38. The average Bonchev–Trinajstić information content (AvgIpc) is 2.74. The van der Waals surface area contributed by atoms with Crippen LogP contribution in [0.5, 0.6) is 0 Å². The summed E-state index contributed by atoms with van der Waals surface area (Å²) in [5.41, 5.74) is 0. The summed E-state index contributed by atoms with van der Waals surface area (Å²) in [6.07, 6.45) is -1.32. The number of ether oxygens (including phenoxy) is 6. The Labute approximate surface area is 113 Å². The van der Waals surface area contributed by atoms with Gasteiger partial charge < -0.3 is 28.4 Å². The quantitative estimate of drug-likeness (QED) is 0.749. The Balaban J connectivity index is 1.84. The molecule has 0 N–H and O–H groups in total.